The Balaban J connectivity index is 2.12. The van der Waals surface area contributed by atoms with Crippen molar-refractivity contribution in [2.24, 2.45) is 22.8 Å². The van der Waals surface area contributed by atoms with Crippen molar-refractivity contribution in [2.45, 2.75) is 58.2 Å². The number of benzene rings is 1. The van der Waals surface area contributed by atoms with Crippen LogP contribution in [0.4, 0.5) is 5.69 Å². The molecule has 1 aliphatic rings. The van der Waals surface area contributed by atoms with E-state index in [9.17, 15) is 19.5 Å². The van der Waals surface area contributed by atoms with Gasteiger partial charge < -0.3 is 26.4 Å². The zero-order valence-electron chi connectivity index (χ0n) is 17.6. The van der Waals surface area contributed by atoms with E-state index in [4.69, 9.17) is 21.3 Å². The first-order valence-corrected chi connectivity index (χ1v) is 9.92. The third kappa shape index (κ3) is 5.70. The smallest absolute Gasteiger partial charge is 0.306 e. The Labute approximate surface area is 176 Å². The van der Waals surface area contributed by atoms with Gasteiger partial charge in [-0.05, 0) is 30.4 Å². The number of carbonyl (C=O) groups is 3. The van der Waals surface area contributed by atoms with Gasteiger partial charge >= 0.3 is 5.97 Å². The zero-order valence-corrected chi connectivity index (χ0v) is 17.6. The fourth-order valence-electron chi connectivity index (χ4n) is 3.69. The number of aliphatic hydroxyl groups excluding tert-OH is 1. The Morgan fingerprint density at radius 1 is 1.30 bits per heavy atom. The fourth-order valence-corrected chi connectivity index (χ4v) is 3.69. The van der Waals surface area contributed by atoms with E-state index < -0.39 is 41.4 Å². The molecule has 0 aliphatic carbocycles. The molecule has 0 saturated heterocycles. The molecule has 0 saturated carbocycles. The van der Waals surface area contributed by atoms with Crippen LogP contribution in [0.2, 0.25) is 0 Å². The highest BCUT2D eigenvalue weighted by Gasteiger charge is 2.38. The topological polar surface area (TPSA) is 156 Å². The Bertz CT molecular complexity index is 797. The minimum Gasteiger partial charge on any atom is -0.489 e. The molecular formula is C21H31N3O6. The van der Waals surface area contributed by atoms with Gasteiger partial charge in [-0.2, -0.15) is 0 Å². The van der Waals surface area contributed by atoms with E-state index in [0.29, 0.717) is 17.9 Å². The third-order valence-corrected chi connectivity index (χ3v) is 5.36. The molecule has 2 amide bonds. The van der Waals surface area contributed by atoms with Crippen LogP contribution in [0.5, 0.6) is 5.75 Å². The number of nitrogens with zero attached hydrogens (tertiary/aromatic N) is 1. The lowest BCUT2D eigenvalue weighted by Gasteiger charge is -2.38. The maximum atomic E-state index is 13.2. The van der Waals surface area contributed by atoms with E-state index in [1.54, 1.807) is 24.3 Å². The summed E-state index contributed by atoms with van der Waals surface area (Å²) in [5, 5.41) is 19.3. The molecule has 6 N–H and O–H groups in total. The number of carboxylic acids is 1. The van der Waals surface area contributed by atoms with Crippen LogP contribution in [0.15, 0.2) is 24.3 Å². The number of primary amides is 1. The quantitative estimate of drug-likeness (QED) is 0.461. The number of carbonyl (C=O) groups excluding carboxylic acids is 2. The molecule has 1 aromatic rings. The Morgan fingerprint density at radius 2 is 1.93 bits per heavy atom. The number of para-hydroxylation sites is 2. The number of hydrogen-bond donors (Lipinski definition) is 4. The standard InChI is InChI=1S/C21H31N3O6/c1-12(20(28)29)8-16(25)13(22)9-21(2,3)10-18(26)24-14-6-4-5-7-17(14)30-11-15(24)19(23)27/h4-7,12-13,15-16,25H,8-11,22H2,1-3H3,(H2,23,27)(H,28,29)/t12-,13+,15-,16+/m1/s1. The maximum absolute atomic E-state index is 13.2. The summed E-state index contributed by atoms with van der Waals surface area (Å²) in [5.74, 6) is -2.20. The monoisotopic (exact) mass is 421 g/mol. The molecule has 1 aromatic carbocycles. The second kappa shape index (κ2) is 9.44. The average molecular weight is 421 g/mol. The second-order valence-electron chi connectivity index (χ2n) is 8.71. The number of hydrogen-bond acceptors (Lipinski definition) is 6. The van der Waals surface area contributed by atoms with E-state index in [1.165, 1.54) is 11.8 Å². The maximum Gasteiger partial charge on any atom is 0.306 e. The molecule has 4 atom stereocenters. The summed E-state index contributed by atoms with van der Waals surface area (Å²) in [5.41, 5.74) is 11.5. The highest BCUT2D eigenvalue weighted by Crippen LogP contribution is 2.36. The van der Waals surface area contributed by atoms with E-state index >= 15 is 0 Å². The lowest BCUT2D eigenvalue weighted by molar-refractivity contribution is -0.142. The predicted molar refractivity (Wildman–Crippen MR) is 111 cm³/mol. The van der Waals surface area contributed by atoms with Crippen molar-refractivity contribution < 1.29 is 29.3 Å². The largest absolute Gasteiger partial charge is 0.489 e. The number of aliphatic hydroxyl groups is 1. The number of ether oxygens (including phenoxy) is 1. The number of anilines is 1. The first-order chi connectivity index (χ1) is 13.9. The van der Waals surface area contributed by atoms with Gasteiger partial charge in [0.05, 0.1) is 17.7 Å². The molecule has 0 aromatic heterocycles. The fraction of sp³-hybridized carbons (Fsp3) is 0.571. The number of nitrogens with two attached hydrogens (primary N) is 2. The lowest BCUT2D eigenvalue weighted by atomic mass is 9.80. The molecule has 0 unspecified atom stereocenters. The van der Waals surface area contributed by atoms with Crippen molar-refractivity contribution in [3.63, 3.8) is 0 Å². The van der Waals surface area contributed by atoms with Gasteiger partial charge in [-0.15, -0.1) is 0 Å². The third-order valence-electron chi connectivity index (χ3n) is 5.36. The number of amides is 2. The Hall–Kier alpha value is -2.65. The first-order valence-electron chi connectivity index (χ1n) is 9.92. The van der Waals surface area contributed by atoms with Crippen LogP contribution in [0.1, 0.15) is 40.0 Å². The van der Waals surface area contributed by atoms with Crippen LogP contribution in [-0.4, -0.2) is 52.8 Å². The van der Waals surface area contributed by atoms with Crippen molar-refractivity contribution in [3.05, 3.63) is 24.3 Å². The van der Waals surface area contributed by atoms with Crippen LogP contribution < -0.4 is 21.1 Å². The number of aliphatic carboxylic acids is 1. The summed E-state index contributed by atoms with van der Waals surface area (Å²) in [6, 6.07) is 5.31. The van der Waals surface area contributed by atoms with Gasteiger partial charge in [-0.1, -0.05) is 32.9 Å². The lowest BCUT2D eigenvalue weighted by Crippen LogP contribution is -2.54. The minimum atomic E-state index is -1.01. The van der Waals surface area contributed by atoms with Crippen LogP contribution >= 0.6 is 0 Å². The predicted octanol–water partition coefficient (Wildman–Crippen LogP) is 0.871. The normalized spacial score (nSPS) is 19.2. The molecule has 1 aliphatic heterocycles. The highest BCUT2D eigenvalue weighted by molar-refractivity contribution is 6.02. The molecule has 2 rings (SSSR count). The molecular weight excluding hydrogens is 390 g/mol. The summed E-state index contributed by atoms with van der Waals surface area (Å²) in [4.78, 5) is 37.5. The number of rotatable bonds is 9. The van der Waals surface area contributed by atoms with E-state index in [0.717, 1.165) is 0 Å². The Morgan fingerprint density at radius 3 is 2.53 bits per heavy atom. The van der Waals surface area contributed by atoms with Gasteiger partial charge in [-0.3, -0.25) is 19.3 Å². The number of carboxylic acid groups (broad SMARTS) is 1. The van der Waals surface area contributed by atoms with Gasteiger partial charge in [0, 0.05) is 12.5 Å². The van der Waals surface area contributed by atoms with E-state index in [2.05, 4.69) is 0 Å². The van der Waals surface area contributed by atoms with Gasteiger partial charge in [-0.25, -0.2) is 0 Å². The second-order valence-corrected chi connectivity index (χ2v) is 8.71. The van der Waals surface area contributed by atoms with Crippen LogP contribution in [-0.2, 0) is 14.4 Å². The van der Waals surface area contributed by atoms with Crippen molar-refractivity contribution in [1.29, 1.82) is 0 Å². The average Bonchev–Trinajstić information content (AvgIpc) is 2.65. The molecule has 166 valence electrons. The van der Waals surface area contributed by atoms with Gasteiger partial charge in [0.2, 0.25) is 11.8 Å². The van der Waals surface area contributed by atoms with Crippen molar-refractivity contribution in [2.75, 3.05) is 11.5 Å². The molecule has 0 bridgehead atoms. The minimum absolute atomic E-state index is 0.0240. The van der Waals surface area contributed by atoms with Gasteiger partial charge in [0.25, 0.3) is 0 Å². The molecule has 1 heterocycles. The highest BCUT2D eigenvalue weighted by atomic mass is 16.5. The van der Waals surface area contributed by atoms with Crippen LogP contribution in [0.3, 0.4) is 0 Å². The summed E-state index contributed by atoms with van der Waals surface area (Å²) in [6.45, 7) is 5.16. The Kier molecular flexibility index (Phi) is 7.44. The summed E-state index contributed by atoms with van der Waals surface area (Å²) in [6.07, 6.45) is -0.631. The zero-order chi connectivity index (χ0) is 22.6. The molecule has 0 fully saturated rings. The van der Waals surface area contributed by atoms with Crippen LogP contribution in [0.25, 0.3) is 0 Å². The summed E-state index contributed by atoms with van der Waals surface area (Å²) >= 11 is 0. The van der Waals surface area contributed by atoms with Crippen LogP contribution in [0, 0.1) is 11.3 Å². The number of fused-ring (bicyclic) bond motifs is 1. The SMILES string of the molecule is C[C@H](C[C@H](O)[C@@H](N)CC(C)(C)CC(=O)N1c2ccccc2OC[C@@H]1C(N)=O)C(=O)O. The molecule has 9 heteroatoms. The molecule has 0 radical (unpaired) electrons. The summed E-state index contributed by atoms with van der Waals surface area (Å²) in [7, 11) is 0. The first kappa shape index (κ1) is 23.6. The van der Waals surface area contributed by atoms with Gasteiger partial charge in [0.1, 0.15) is 18.4 Å². The van der Waals surface area contributed by atoms with Gasteiger partial charge in [0.15, 0.2) is 0 Å². The molecule has 0 spiro atoms. The summed E-state index contributed by atoms with van der Waals surface area (Å²) < 4.78 is 5.56. The van der Waals surface area contributed by atoms with E-state index in [-0.39, 0.29) is 25.4 Å². The van der Waals surface area contributed by atoms with Crippen molar-refractivity contribution in [3.8, 4) is 5.75 Å². The van der Waals surface area contributed by atoms with Crippen molar-refractivity contribution in [1.82, 2.24) is 0 Å². The molecule has 9 nitrogen and oxygen atoms in total. The van der Waals surface area contributed by atoms with Crippen molar-refractivity contribution >= 4 is 23.5 Å². The van der Waals surface area contributed by atoms with E-state index in [1.807, 2.05) is 13.8 Å². The molecule has 30 heavy (non-hydrogen) atoms.